The van der Waals surface area contributed by atoms with Crippen molar-refractivity contribution in [2.45, 2.75) is 25.4 Å². The molecule has 2 aromatic heterocycles. The van der Waals surface area contributed by atoms with Crippen LogP contribution in [0.3, 0.4) is 0 Å². The van der Waals surface area contributed by atoms with Crippen molar-refractivity contribution in [3.63, 3.8) is 0 Å². The van der Waals surface area contributed by atoms with Gasteiger partial charge < -0.3 is 0 Å². The smallest absolute Gasteiger partial charge is 0.240 e. The molecular weight excluding hydrogens is 301 g/mol. The van der Waals surface area contributed by atoms with Gasteiger partial charge in [-0.1, -0.05) is 0 Å². The summed E-state index contributed by atoms with van der Waals surface area (Å²) in [6.45, 7) is 0. The highest BCUT2D eigenvalue weighted by Gasteiger charge is 2.26. The third-order valence-electron chi connectivity index (χ3n) is 2.18. The van der Waals surface area contributed by atoms with Gasteiger partial charge >= 0.3 is 6.18 Å². The first-order chi connectivity index (χ1) is 7.96. The van der Waals surface area contributed by atoms with Crippen molar-refractivity contribution in [1.29, 1.82) is 0 Å². The number of alkyl halides is 3. The SMILES string of the molecule is FC(F)(F)CCCc1nc(Br)cn2ncnc12. The van der Waals surface area contributed by atoms with Crippen LogP contribution in [0.2, 0.25) is 0 Å². The highest BCUT2D eigenvalue weighted by molar-refractivity contribution is 9.10. The second kappa shape index (κ2) is 4.59. The molecule has 17 heavy (non-hydrogen) atoms. The van der Waals surface area contributed by atoms with E-state index >= 15 is 0 Å². The number of aromatic nitrogens is 4. The number of nitrogens with zero attached hydrogens (tertiary/aromatic N) is 4. The van der Waals surface area contributed by atoms with E-state index in [1.165, 1.54) is 10.8 Å². The Hall–Kier alpha value is -1.18. The molecule has 0 aliphatic heterocycles. The maximum atomic E-state index is 12.0. The largest absolute Gasteiger partial charge is 0.389 e. The number of hydrogen-bond donors (Lipinski definition) is 0. The van der Waals surface area contributed by atoms with Crippen LogP contribution in [-0.2, 0) is 6.42 Å². The highest BCUT2D eigenvalue weighted by atomic mass is 79.9. The minimum Gasteiger partial charge on any atom is -0.240 e. The second-order valence-electron chi connectivity index (χ2n) is 3.51. The van der Waals surface area contributed by atoms with Crippen LogP contribution in [0.4, 0.5) is 13.2 Å². The monoisotopic (exact) mass is 308 g/mol. The Balaban J connectivity index is 2.15. The van der Waals surface area contributed by atoms with Crippen molar-refractivity contribution in [2.24, 2.45) is 0 Å². The molecule has 0 unspecified atom stereocenters. The number of rotatable bonds is 3. The van der Waals surface area contributed by atoms with Crippen LogP contribution in [0, 0.1) is 0 Å². The summed E-state index contributed by atoms with van der Waals surface area (Å²) in [6, 6.07) is 0. The standard InChI is InChI=1S/C9H8BrF3N4/c10-7-4-17-8(14-5-15-17)6(16-7)2-1-3-9(11,12)13/h4-5H,1-3H2. The van der Waals surface area contributed by atoms with Crippen molar-refractivity contribution >= 4 is 21.6 Å². The quantitative estimate of drug-likeness (QED) is 0.875. The molecule has 92 valence electrons. The molecule has 0 spiro atoms. The Labute approximate surface area is 103 Å². The average Bonchev–Trinajstić information content (AvgIpc) is 2.63. The predicted molar refractivity (Wildman–Crippen MR) is 57.5 cm³/mol. The van der Waals surface area contributed by atoms with Crippen LogP contribution >= 0.6 is 15.9 Å². The fourth-order valence-electron chi connectivity index (χ4n) is 1.48. The Morgan fingerprint density at radius 3 is 2.82 bits per heavy atom. The summed E-state index contributed by atoms with van der Waals surface area (Å²) in [4.78, 5) is 8.08. The molecule has 0 saturated heterocycles. The van der Waals surface area contributed by atoms with E-state index < -0.39 is 12.6 Å². The van der Waals surface area contributed by atoms with E-state index in [1.54, 1.807) is 6.20 Å². The maximum Gasteiger partial charge on any atom is 0.389 e. The van der Waals surface area contributed by atoms with Gasteiger partial charge in [0.1, 0.15) is 10.9 Å². The van der Waals surface area contributed by atoms with Crippen molar-refractivity contribution in [2.75, 3.05) is 0 Å². The molecule has 0 fully saturated rings. The van der Waals surface area contributed by atoms with Gasteiger partial charge in [-0.3, -0.25) is 0 Å². The van der Waals surface area contributed by atoms with E-state index in [-0.39, 0.29) is 12.8 Å². The zero-order valence-corrected chi connectivity index (χ0v) is 10.2. The lowest BCUT2D eigenvalue weighted by molar-refractivity contribution is -0.135. The topological polar surface area (TPSA) is 43.1 Å². The first-order valence-corrected chi connectivity index (χ1v) is 5.66. The van der Waals surface area contributed by atoms with Gasteiger partial charge in [0, 0.05) is 6.42 Å². The molecule has 0 saturated carbocycles. The van der Waals surface area contributed by atoms with E-state index in [1.807, 2.05) is 0 Å². The van der Waals surface area contributed by atoms with Crippen LogP contribution in [0.5, 0.6) is 0 Å². The van der Waals surface area contributed by atoms with Gasteiger partial charge in [0.05, 0.1) is 11.9 Å². The van der Waals surface area contributed by atoms with Crippen LogP contribution in [-0.4, -0.2) is 25.8 Å². The van der Waals surface area contributed by atoms with E-state index in [0.29, 0.717) is 15.9 Å². The lowest BCUT2D eigenvalue weighted by Crippen LogP contribution is -2.08. The molecule has 0 radical (unpaired) electrons. The number of aryl methyl sites for hydroxylation is 1. The van der Waals surface area contributed by atoms with Gasteiger partial charge in [0.15, 0.2) is 5.65 Å². The Morgan fingerprint density at radius 2 is 2.12 bits per heavy atom. The highest BCUT2D eigenvalue weighted by Crippen LogP contribution is 2.23. The summed E-state index contributed by atoms with van der Waals surface area (Å²) in [5, 5.41) is 3.91. The summed E-state index contributed by atoms with van der Waals surface area (Å²) >= 11 is 3.18. The zero-order valence-electron chi connectivity index (χ0n) is 8.58. The maximum absolute atomic E-state index is 12.0. The van der Waals surface area contributed by atoms with Crippen molar-refractivity contribution < 1.29 is 13.2 Å². The van der Waals surface area contributed by atoms with E-state index in [9.17, 15) is 13.2 Å². The van der Waals surface area contributed by atoms with Crippen LogP contribution in [0.1, 0.15) is 18.5 Å². The summed E-state index contributed by atoms with van der Waals surface area (Å²) in [7, 11) is 0. The third-order valence-corrected chi connectivity index (χ3v) is 2.56. The zero-order chi connectivity index (χ0) is 12.5. The first kappa shape index (κ1) is 12.3. The molecule has 0 atom stereocenters. The van der Waals surface area contributed by atoms with Gasteiger partial charge in [0.2, 0.25) is 0 Å². The van der Waals surface area contributed by atoms with E-state index in [2.05, 4.69) is 31.0 Å². The first-order valence-electron chi connectivity index (χ1n) is 4.87. The molecule has 0 N–H and O–H groups in total. The predicted octanol–water partition coefficient (Wildman–Crippen LogP) is 2.77. The van der Waals surface area contributed by atoms with Crippen molar-refractivity contribution in [1.82, 2.24) is 19.6 Å². The fourth-order valence-corrected chi connectivity index (χ4v) is 1.89. The van der Waals surface area contributed by atoms with E-state index in [0.717, 1.165) is 0 Å². The molecule has 8 heteroatoms. The minimum absolute atomic E-state index is 0.00449. The van der Waals surface area contributed by atoms with Gasteiger partial charge in [-0.15, -0.1) is 0 Å². The molecule has 0 aliphatic carbocycles. The molecule has 2 heterocycles. The van der Waals surface area contributed by atoms with Gasteiger partial charge in [-0.05, 0) is 28.8 Å². The molecule has 2 rings (SSSR count). The molecule has 0 aliphatic rings. The van der Waals surface area contributed by atoms with Gasteiger partial charge in [-0.2, -0.15) is 18.3 Å². The molecule has 0 amide bonds. The van der Waals surface area contributed by atoms with Crippen LogP contribution in [0.15, 0.2) is 17.1 Å². The third kappa shape index (κ3) is 3.15. The summed E-state index contributed by atoms with van der Waals surface area (Å²) in [5.74, 6) is 0. The summed E-state index contributed by atoms with van der Waals surface area (Å²) < 4.78 is 38.1. The second-order valence-corrected chi connectivity index (χ2v) is 4.32. The number of halogens is 4. The normalized spacial score (nSPS) is 12.2. The summed E-state index contributed by atoms with van der Waals surface area (Å²) in [6.07, 6.45) is -1.78. The average molecular weight is 309 g/mol. The lowest BCUT2D eigenvalue weighted by Gasteiger charge is -2.06. The van der Waals surface area contributed by atoms with Crippen LogP contribution in [0.25, 0.3) is 5.65 Å². The Bertz CT molecular complexity index is 522. The Morgan fingerprint density at radius 1 is 1.35 bits per heavy atom. The number of hydrogen-bond acceptors (Lipinski definition) is 3. The fraction of sp³-hybridized carbons (Fsp3) is 0.444. The van der Waals surface area contributed by atoms with E-state index in [4.69, 9.17) is 0 Å². The van der Waals surface area contributed by atoms with Gasteiger partial charge in [-0.25, -0.2) is 14.5 Å². The summed E-state index contributed by atoms with van der Waals surface area (Å²) in [5.41, 5.74) is 1.01. The molecule has 2 aromatic rings. The Kier molecular flexibility index (Phi) is 3.32. The molecular formula is C9H8BrF3N4. The molecule has 0 aromatic carbocycles. The van der Waals surface area contributed by atoms with Crippen LogP contribution < -0.4 is 0 Å². The van der Waals surface area contributed by atoms with Crippen molar-refractivity contribution in [3.8, 4) is 0 Å². The lowest BCUT2D eigenvalue weighted by atomic mass is 10.2. The molecule has 0 bridgehead atoms. The molecule has 4 nitrogen and oxygen atoms in total. The number of fused-ring (bicyclic) bond motifs is 1. The minimum atomic E-state index is -4.13. The van der Waals surface area contributed by atoms with Gasteiger partial charge in [0.25, 0.3) is 0 Å². The van der Waals surface area contributed by atoms with Crippen molar-refractivity contribution in [3.05, 3.63) is 22.8 Å².